The molecule has 4 atom stereocenters. The van der Waals surface area contributed by atoms with Crippen LogP contribution in [0.25, 0.3) is 0 Å². The van der Waals surface area contributed by atoms with Crippen LogP contribution in [0.1, 0.15) is 62.3 Å². The molecular weight excluding hydrogens is 446 g/mol. The number of carbonyl (C=O) groups is 1. The molecule has 0 saturated carbocycles. The minimum absolute atomic E-state index is 0.0593. The zero-order valence-electron chi connectivity index (χ0n) is 20.4. The molecule has 1 aliphatic carbocycles. The van der Waals surface area contributed by atoms with E-state index in [1.54, 1.807) is 0 Å². The molecule has 5 rings (SSSR count). The second-order valence-corrected chi connectivity index (χ2v) is 11.0. The van der Waals surface area contributed by atoms with E-state index >= 15 is 0 Å². The SMILES string of the molecule is CC(C)OCC1CC(c2ccccc2)CCN1C(=O)[C@@H]1CNC[C@]12CCCc1[nH+]c(Cl)ccc12. The number of likely N-dealkylation sites (tertiary alicyclic amines) is 1. The van der Waals surface area contributed by atoms with Gasteiger partial charge in [0.25, 0.3) is 5.15 Å². The monoisotopic (exact) mass is 482 g/mol. The third kappa shape index (κ3) is 4.50. The summed E-state index contributed by atoms with van der Waals surface area (Å²) in [6.45, 7) is 7.10. The second-order valence-electron chi connectivity index (χ2n) is 10.6. The Morgan fingerprint density at radius 2 is 2.09 bits per heavy atom. The van der Waals surface area contributed by atoms with Crippen molar-refractivity contribution in [3.05, 3.63) is 64.4 Å². The van der Waals surface area contributed by atoms with E-state index in [9.17, 15) is 4.79 Å². The summed E-state index contributed by atoms with van der Waals surface area (Å²) in [6.07, 6.45) is 5.21. The van der Waals surface area contributed by atoms with Gasteiger partial charge in [0.15, 0.2) is 5.69 Å². The average Bonchev–Trinajstić information content (AvgIpc) is 3.26. The maximum atomic E-state index is 14.2. The summed E-state index contributed by atoms with van der Waals surface area (Å²) in [6, 6.07) is 14.9. The number of rotatable bonds is 5. The van der Waals surface area contributed by atoms with E-state index in [1.807, 2.05) is 6.07 Å². The zero-order chi connectivity index (χ0) is 23.7. The normalized spacial score (nSPS) is 28.9. The van der Waals surface area contributed by atoms with Gasteiger partial charge in [0.1, 0.15) is 0 Å². The fourth-order valence-electron chi connectivity index (χ4n) is 6.55. The van der Waals surface area contributed by atoms with Crippen LogP contribution in [0.3, 0.4) is 0 Å². The van der Waals surface area contributed by atoms with Gasteiger partial charge in [-0.15, -0.1) is 0 Å². The topological polar surface area (TPSA) is 55.7 Å². The standard InChI is InChI=1S/C28H36ClN3O2/c1-19(2)34-17-22-15-21(20-7-4-3-5-8-20)12-14-32(22)27(33)24-16-30-18-28(24)13-6-9-25-23(28)10-11-26(29)31-25/h3-5,7-8,10-11,19,21-22,24,30H,6,9,12-18H2,1-2H3/p+1/t21?,22?,24-,28-/m0/s1. The maximum absolute atomic E-state index is 14.2. The first-order valence-electron chi connectivity index (χ1n) is 12.9. The Labute approximate surface area is 208 Å². The molecule has 1 spiro atoms. The molecular formula is C28H37ClN3O2+. The lowest BCUT2D eigenvalue weighted by Crippen LogP contribution is -2.54. The van der Waals surface area contributed by atoms with Gasteiger partial charge in [0, 0.05) is 43.1 Å². The number of amides is 1. The van der Waals surface area contributed by atoms with Crippen molar-refractivity contribution < 1.29 is 14.5 Å². The van der Waals surface area contributed by atoms with E-state index in [2.05, 4.69) is 65.4 Å². The van der Waals surface area contributed by atoms with Crippen LogP contribution >= 0.6 is 11.6 Å². The molecule has 1 amide bonds. The number of aromatic amines is 1. The Hall–Kier alpha value is -1.95. The first-order chi connectivity index (χ1) is 16.5. The third-order valence-corrected chi connectivity index (χ3v) is 8.44. The molecule has 3 aliphatic rings. The lowest BCUT2D eigenvalue weighted by molar-refractivity contribution is -0.390. The number of aromatic nitrogens is 1. The number of H-pyrrole nitrogens is 1. The molecule has 6 heteroatoms. The number of carbonyl (C=O) groups excluding carboxylic acids is 1. The van der Waals surface area contributed by atoms with E-state index in [0.717, 1.165) is 51.7 Å². The number of piperidine rings is 1. The Morgan fingerprint density at radius 1 is 1.26 bits per heavy atom. The van der Waals surface area contributed by atoms with Crippen molar-refractivity contribution in [2.45, 2.75) is 69.4 Å². The molecule has 2 aliphatic heterocycles. The average molecular weight is 483 g/mol. The highest BCUT2D eigenvalue weighted by atomic mass is 35.5. The van der Waals surface area contributed by atoms with Gasteiger partial charge < -0.3 is 15.0 Å². The van der Waals surface area contributed by atoms with Crippen molar-refractivity contribution in [1.29, 1.82) is 0 Å². The number of benzene rings is 1. The molecule has 2 fully saturated rings. The van der Waals surface area contributed by atoms with Crippen LogP contribution in [0.4, 0.5) is 0 Å². The van der Waals surface area contributed by atoms with Crippen molar-refractivity contribution in [2.24, 2.45) is 5.92 Å². The molecule has 2 aromatic rings. The van der Waals surface area contributed by atoms with E-state index < -0.39 is 0 Å². The number of ether oxygens (including phenoxy) is 1. The summed E-state index contributed by atoms with van der Waals surface area (Å²) in [7, 11) is 0. The van der Waals surface area contributed by atoms with Gasteiger partial charge in [-0.25, -0.2) is 0 Å². The number of nitrogens with zero attached hydrogens (tertiary/aromatic N) is 1. The highest BCUT2D eigenvalue weighted by molar-refractivity contribution is 6.28. The van der Waals surface area contributed by atoms with Crippen LogP contribution in [-0.2, 0) is 21.4 Å². The first kappa shape index (κ1) is 23.8. The quantitative estimate of drug-likeness (QED) is 0.651. The van der Waals surface area contributed by atoms with Crippen LogP contribution in [-0.4, -0.2) is 49.2 Å². The number of fused-ring (bicyclic) bond motifs is 2. The summed E-state index contributed by atoms with van der Waals surface area (Å²) >= 11 is 6.28. The summed E-state index contributed by atoms with van der Waals surface area (Å²) in [5, 5.41) is 4.25. The Bertz CT molecular complexity index is 1010. The lowest BCUT2D eigenvalue weighted by Gasteiger charge is -2.44. The Balaban J connectivity index is 1.41. The van der Waals surface area contributed by atoms with Gasteiger partial charge >= 0.3 is 0 Å². The Morgan fingerprint density at radius 3 is 2.88 bits per heavy atom. The fraction of sp³-hybridized carbons (Fsp3) is 0.571. The number of pyridine rings is 1. The minimum atomic E-state index is -0.161. The third-order valence-electron chi connectivity index (χ3n) is 8.22. The van der Waals surface area contributed by atoms with Gasteiger partial charge in [-0.1, -0.05) is 30.3 Å². The highest BCUT2D eigenvalue weighted by Crippen LogP contribution is 2.46. The van der Waals surface area contributed by atoms with E-state index in [0.29, 0.717) is 17.7 Å². The lowest BCUT2D eigenvalue weighted by atomic mass is 9.65. The molecule has 182 valence electrons. The molecule has 1 aromatic heterocycles. The van der Waals surface area contributed by atoms with Crippen LogP contribution in [0.5, 0.6) is 0 Å². The van der Waals surface area contributed by atoms with Crippen molar-refractivity contribution in [3.8, 4) is 0 Å². The van der Waals surface area contributed by atoms with Gasteiger partial charge in [-0.2, -0.15) is 4.98 Å². The molecule has 2 N–H and O–H groups in total. The Kier molecular flexibility index (Phi) is 6.97. The molecule has 0 radical (unpaired) electrons. The van der Waals surface area contributed by atoms with Crippen LogP contribution in [0.2, 0.25) is 5.15 Å². The fourth-order valence-corrected chi connectivity index (χ4v) is 6.72. The maximum Gasteiger partial charge on any atom is 0.273 e. The van der Waals surface area contributed by atoms with Crippen LogP contribution in [0.15, 0.2) is 42.5 Å². The molecule has 0 bridgehead atoms. The number of nitrogens with one attached hydrogen (secondary N) is 2. The summed E-state index contributed by atoms with van der Waals surface area (Å²) < 4.78 is 6.09. The van der Waals surface area contributed by atoms with Crippen molar-refractivity contribution in [2.75, 3.05) is 26.2 Å². The molecule has 5 nitrogen and oxygen atoms in total. The van der Waals surface area contributed by atoms with Crippen LogP contribution in [0, 0.1) is 5.92 Å². The summed E-state index contributed by atoms with van der Waals surface area (Å²) in [5.41, 5.74) is 3.69. The molecule has 1 aromatic carbocycles. The second kappa shape index (κ2) is 9.96. The van der Waals surface area contributed by atoms with Gasteiger partial charge in [-0.05, 0) is 68.7 Å². The largest absolute Gasteiger partial charge is 0.377 e. The van der Waals surface area contributed by atoms with Crippen molar-refractivity contribution in [1.82, 2.24) is 10.2 Å². The number of aryl methyl sites for hydroxylation is 1. The summed E-state index contributed by atoms with van der Waals surface area (Å²) in [5.74, 6) is 0.696. The van der Waals surface area contributed by atoms with Crippen LogP contribution < -0.4 is 10.3 Å². The number of hydrogen-bond donors (Lipinski definition) is 1. The smallest absolute Gasteiger partial charge is 0.273 e. The summed E-state index contributed by atoms with van der Waals surface area (Å²) in [4.78, 5) is 19.8. The highest BCUT2D eigenvalue weighted by Gasteiger charge is 2.53. The van der Waals surface area contributed by atoms with E-state index in [4.69, 9.17) is 16.3 Å². The van der Waals surface area contributed by atoms with Gasteiger partial charge in [-0.3, -0.25) is 4.79 Å². The predicted octanol–water partition coefficient (Wildman–Crippen LogP) is 4.15. The molecule has 2 saturated heterocycles. The number of halogens is 1. The van der Waals surface area contributed by atoms with Gasteiger partial charge in [0.2, 0.25) is 5.91 Å². The predicted molar refractivity (Wildman–Crippen MR) is 134 cm³/mol. The first-order valence-corrected chi connectivity index (χ1v) is 13.2. The molecule has 3 heterocycles. The van der Waals surface area contributed by atoms with Crippen molar-refractivity contribution in [3.63, 3.8) is 0 Å². The van der Waals surface area contributed by atoms with Gasteiger partial charge in [0.05, 0.1) is 24.7 Å². The number of hydrogen-bond acceptors (Lipinski definition) is 3. The van der Waals surface area contributed by atoms with Crippen molar-refractivity contribution >= 4 is 17.5 Å². The molecule has 2 unspecified atom stereocenters. The molecule has 34 heavy (non-hydrogen) atoms. The van der Waals surface area contributed by atoms with E-state index in [-0.39, 0.29) is 29.4 Å². The minimum Gasteiger partial charge on any atom is -0.377 e. The van der Waals surface area contributed by atoms with E-state index in [1.165, 1.54) is 16.8 Å². The zero-order valence-corrected chi connectivity index (χ0v) is 21.1.